The number of non-ortho nitro benzene ring substituents is 1. The van der Waals surface area contributed by atoms with Crippen molar-refractivity contribution in [3.05, 3.63) is 52.1 Å². The minimum atomic E-state index is -0.621. The van der Waals surface area contributed by atoms with Crippen LogP contribution in [-0.2, 0) is 9.59 Å². The molecule has 3 rings (SSSR count). The summed E-state index contributed by atoms with van der Waals surface area (Å²) >= 11 is 5.03. The topological polar surface area (TPSA) is 95.8 Å². The Labute approximate surface area is 161 Å². The highest BCUT2D eigenvalue weighted by Crippen LogP contribution is 2.30. The van der Waals surface area contributed by atoms with Crippen molar-refractivity contribution in [3.8, 4) is 0 Å². The van der Waals surface area contributed by atoms with Crippen LogP contribution < -0.4 is 10.2 Å². The molecule has 0 unspecified atom stereocenters. The Kier molecular flexibility index (Phi) is 5.31. The van der Waals surface area contributed by atoms with Crippen molar-refractivity contribution in [2.24, 2.45) is 0 Å². The van der Waals surface area contributed by atoms with E-state index in [2.05, 4.69) is 16.8 Å². The smallest absolute Gasteiger partial charge is 0.270 e. The minimum absolute atomic E-state index is 0.0147. The number of nitrogens with one attached hydrogen (secondary N) is 1. The van der Waals surface area contributed by atoms with Crippen LogP contribution >= 0.6 is 12.2 Å². The van der Waals surface area contributed by atoms with Gasteiger partial charge in [-0.2, -0.15) is 0 Å². The van der Waals surface area contributed by atoms with Gasteiger partial charge in [0, 0.05) is 43.0 Å². The van der Waals surface area contributed by atoms with Crippen LogP contribution in [0.2, 0.25) is 0 Å². The molecule has 27 heavy (non-hydrogen) atoms. The van der Waals surface area contributed by atoms with E-state index in [0.717, 1.165) is 31.6 Å². The summed E-state index contributed by atoms with van der Waals surface area (Å²) in [6.07, 6.45) is 4.94. The van der Waals surface area contributed by atoms with Gasteiger partial charge in [-0.1, -0.05) is 6.08 Å². The van der Waals surface area contributed by atoms with Gasteiger partial charge in [-0.25, -0.2) is 0 Å². The maximum Gasteiger partial charge on any atom is 0.270 e. The summed E-state index contributed by atoms with van der Waals surface area (Å²) in [5.41, 5.74) is 0.990. The molecule has 2 fully saturated rings. The van der Waals surface area contributed by atoms with E-state index < -0.39 is 16.7 Å². The van der Waals surface area contributed by atoms with Crippen molar-refractivity contribution in [1.29, 1.82) is 0 Å². The third-order valence-electron chi connectivity index (χ3n) is 4.47. The summed E-state index contributed by atoms with van der Waals surface area (Å²) in [6.45, 7) is 5.38. The van der Waals surface area contributed by atoms with E-state index >= 15 is 0 Å². The lowest BCUT2D eigenvalue weighted by atomic mass is 10.0. The van der Waals surface area contributed by atoms with E-state index in [1.807, 2.05) is 0 Å². The molecule has 2 aliphatic heterocycles. The maximum atomic E-state index is 12.7. The Morgan fingerprint density at radius 3 is 2.63 bits per heavy atom. The second-order valence-electron chi connectivity index (χ2n) is 6.22. The maximum absolute atomic E-state index is 12.7. The molecule has 0 atom stereocenters. The van der Waals surface area contributed by atoms with Gasteiger partial charge in [-0.3, -0.25) is 29.9 Å². The lowest BCUT2D eigenvalue weighted by Crippen LogP contribution is -2.53. The van der Waals surface area contributed by atoms with E-state index in [9.17, 15) is 19.7 Å². The van der Waals surface area contributed by atoms with Crippen LogP contribution in [0.4, 0.5) is 11.4 Å². The van der Waals surface area contributed by atoms with Crippen molar-refractivity contribution in [2.45, 2.75) is 12.8 Å². The Bertz CT molecular complexity index is 874. The number of anilines is 1. The highest BCUT2D eigenvalue weighted by atomic mass is 32.1. The summed E-state index contributed by atoms with van der Waals surface area (Å²) in [7, 11) is 0. The highest BCUT2D eigenvalue weighted by Gasteiger charge is 2.33. The summed E-state index contributed by atoms with van der Waals surface area (Å²) in [5, 5.41) is 13.7. The zero-order valence-electron chi connectivity index (χ0n) is 14.5. The minimum Gasteiger partial charge on any atom is -0.371 e. The van der Waals surface area contributed by atoms with Crippen molar-refractivity contribution in [3.63, 3.8) is 0 Å². The summed E-state index contributed by atoms with van der Waals surface area (Å²) in [4.78, 5) is 39.0. The first-order valence-corrected chi connectivity index (χ1v) is 8.86. The molecule has 1 aromatic rings. The predicted octanol–water partition coefficient (Wildman–Crippen LogP) is 2.01. The van der Waals surface area contributed by atoms with Gasteiger partial charge in [-0.05, 0) is 37.2 Å². The van der Waals surface area contributed by atoms with E-state index in [-0.39, 0.29) is 22.9 Å². The van der Waals surface area contributed by atoms with Gasteiger partial charge in [-0.15, -0.1) is 6.58 Å². The van der Waals surface area contributed by atoms with Crippen LogP contribution in [0.3, 0.4) is 0 Å². The van der Waals surface area contributed by atoms with Gasteiger partial charge in [0.1, 0.15) is 5.57 Å². The molecule has 140 valence electrons. The zero-order chi connectivity index (χ0) is 19.6. The normalized spacial score (nSPS) is 18.8. The van der Waals surface area contributed by atoms with E-state index in [1.165, 1.54) is 29.2 Å². The Hall–Kier alpha value is -3.07. The number of hydrogen-bond donors (Lipinski definition) is 1. The molecule has 1 N–H and O–H groups in total. The molecule has 2 aliphatic rings. The Morgan fingerprint density at radius 1 is 1.30 bits per heavy atom. The molecule has 2 saturated heterocycles. The van der Waals surface area contributed by atoms with Crippen molar-refractivity contribution < 1.29 is 14.5 Å². The largest absolute Gasteiger partial charge is 0.371 e. The molecule has 0 bridgehead atoms. The van der Waals surface area contributed by atoms with Crippen LogP contribution in [-0.4, -0.2) is 46.4 Å². The molecule has 0 radical (unpaired) electrons. The number of carbonyl (C=O) groups is 2. The van der Waals surface area contributed by atoms with Gasteiger partial charge in [0.05, 0.1) is 4.92 Å². The number of nitro groups is 1. The molecule has 0 aromatic heterocycles. The number of rotatable bonds is 5. The Balaban J connectivity index is 2.07. The van der Waals surface area contributed by atoms with Gasteiger partial charge >= 0.3 is 0 Å². The average Bonchev–Trinajstić information content (AvgIpc) is 3.16. The van der Waals surface area contributed by atoms with Crippen molar-refractivity contribution in [2.75, 3.05) is 24.5 Å². The van der Waals surface area contributed by atoms with Crippen molar-refractivity contribution in [1.82, 2.24) is 10.2 Å². The quantitative estimate of drug-likeness (QED) is 0.208. The molecule has 0 saturated carbocycles. The van der Waals surface area contributed by atoms with E-state index in [1.54, 1.807) is 6.07 Å². The predicted molar refractivity (Wildman–Crippen MR) is 105 cm³/mol. The molecule has 2 amide bonds. The second-order valence-corrected chi connectivity index (χ2v) is 6.60. The summed E-state index contributed by atoms with van der Waals surface area (Å²) in [5.74, 6) is -1.17. The second kappa shape index (κ2) is 7.67. The lowest BCUT2D eigenvalue weighted by Gasteiger charge is -2.28. The van der Waals surface area contributed by atoms with Crippen LogP contribution in [0.15, 0.2) is 36.4 Å². The lowest BCUT2D eigenvalue weighted by molar-refractivity contribution is -0.384. The molecule has 2 heterocycles. The van der Waals surface area contributed by atoms with Gasteiger partial charge in [0.2, 0.25) is 0 Å². The molecule has 9 heteroatoms. The molecule has 1 aromatic carbocycles. The fourth-order valence-corrected chi connectivity index (χ4v) is 3.41. The molecular formula is C18H18N4O4S. The number of benzene rings is 1. The number of nitro benzene ring substituents is 1. The summed E-state index contributed by atoms with van der Waals surface area (Å²) in [6, 6.07) is 4.47. The first-order chi connectivity index (χ1) is 12.9. The third kappa shape index (κ3) is 3.72. The standard InChI is InChI=1S/C18H18N4O4S/c1-2-7-21-17(24)14(16(23)19-18(21)27)11-12-10-13(22(25)26)5-6-15(12)20-8-3-4-9-20/h2,5-6,10-11H,1,3-4,7-9H2,(H,19,23,27)/b14-11+. The van der Waals surface area contributed by atoms with Crippen molar-refractivity contribution >= 4 is 46.6 Å². The fourth-order valence-electron chi connectivity index (χ4n) is 3.16. The van der Waals surface area contributed by atoms with Crippen LogP contribution in [0, 0.1) is 10.1 Å². The monoisotopic (exact) mass is 386 g/mol. The number of thiocarbonyl (C=S) groups is 1. The zero-order valence-corrected chi connectivity index (χ0v) is 15.3. The number of amides is 2. The van der Waals surface area contributed by atoms with Crippen LogP contribution in [0.5, 0.6) is 0 Å². The van der Waals surface area contributed by atoms with Gasteiger partial charge in [0.25, 0.3) is 17.5 Å². The molecular weight excluding hydrogens is 368 g/mol. The van der Waals surface area contributed by atoms with E-state index in [0.29, 0.717) is 5.56 Å². The van der Waals surface area contributed by atoms with Crippen LogP contribution in [0.25, 0.3) is 6.08 Å². The average molecular weight is 386 g/mol. The Morgan fingerprint density at radius 2 is 2.00 bits per heavy atom. The SMILES string of the molecule is C=CCN1C(=O)/C(=C/c2cc([N+](=O)[O-])ccc2N2CCCC2)C(=O)NC1=S. The first-order valence-electron chi connectivity index (χ1n) is 8.45. The first kappa shape index (κ1) is 18.7. The molecule has 0 aliphatic carbocycles. The number of carbonyl (C=O) groups excluding carboxylic acids is 2. The highest BCUT2D eigenvalue weighted by molar-refractivity contribution is 7.80. The van der Waals surface area contributed by atoms with Crippen LogP contribution in [0.1, 0.15) is 18.4 Å². The third-order valence-corrected chi connectivity index (χ3v) is 4.79. The van der Waals surface area contributed by atoms with Gasteiger partial charge in [0.15, 0.2) is 5.11 Å². The van der Waals surface area contributed by atoms with Gasteiger partial charge < -0.3 is 4.90 Å². The van der Waals surface area contributed by atoms with E-state index in [4.69, 9.17) is 12.2 Å². The number of nitrogens with zero attached hydrogens (tertiary/aromatic N) is 3. The fraction of sp³-hybridized carbons (Fsp3) is 0.278. The summed E-state index contributed by atoms with van der Waals surface area (Å²) < 4.78 is 0. The molecule has 8 nitrogen and oxygen atoms in total. The molecule has 0 spiro atoms. The number of hydrogen-bond acceptors (Lipinski definition) is 6.